The van der Waals surface area contributed by atoms with Crippen molar-refractivity contribution in [1.29, 1.82) is 0 Å². The predicted molar refractivity (Wildman–Crippen MR) is 60.6 cm³/mol. The van der Waals surface area contributed by atoms with Gasteiger partial charge in [0.1, 0.15) is 5.82 Å². The number of imidazole rings is 1. The summed E-state index contributed by atoms with van der Waals surface area (Å²) < 4.78 is 2.20. The van der Waals surface area contributed by atoms with Gasteiger partial charge in [0.25, 0.3) is 0 Å². The van der Waals surface area contributed by atoms with Crippen LogP contribution in [-0.4, -0.2) is 40.6 Å². The van der Waals surface area contributed by atoms with E-state index in [0.29, 0.717) is 5.92 Å². The van der Waals surface area contributed by atoms with Crippen molar-refractivity contribution in [3.8, 4) is 0 Å². The molecule has 0 radical (unpaired) electrons. The van der Waals surface area contributed by atoms with Crippen LogP contribution >= 0.6 is 0 Å². The van der Waals surface area contributed by atoms with Crippen molar-refractivity contribution in [2.24, 2.45) is 11.7 Å². The van der Waals surface area contributed by atoms with Crippen LogP contribution in [0.15, 0.2) is 12.4 Å². The Morgan fingerprint density at radius 2 is 2.40 bits per heavy atom. The first kappa shape index (κ1) is 10.6. The topological polar surface area (TPSA) is 47.1 Å². The number of nitrogens with two attached hydrogens (primary N) is 1. The van der Waals surface area contributed by atoms with E-state index < -0.39 is 0 Å². The third kappa shape index (κ3) is 2.58. The lowest BCUT2D eigenvalue weighted by Crippen LogP contribution is -2.26. The van der Waals surface area contributed by atoms with E-state index in [9.17, 15) is 0 Å². The Morgan fingerprint density at radius 3 is 3.00 bits per heavy atom. The van der Waals surface area contributed by atoms with Crippen LogP contribution in [0.5, 0.6) is 0 Å². The zero-order valence-corrected chi connectivity index (χ0v) is 9.39. The molecule has 0 bridgehead atoms. The summed E-state index contributed by atoms with van der Waals surface area (Å²) in [5.74, 6) is 1.82. The average Bonchev–Trinajstić information content (AvgIpc) is 2.84. The summed E-state index contributed by atoms with van der Waals surface area (Å²) in [5.41, 5.74) is 5.67. The number of nitrogens with zero attached hydrogens (tertiary/aromatic N) is 3. The predicted octanol–water partition coefficient (Wildman–Crippen LogP) is 0.472. The van der Waals surface area contributed by atoms with Gasteiger partial charge in [-0.15, -0.1) is 0 Å². The second kappa shape index (κ2) is 4.77. The maximum atomic E-state index is 5.67. The van der Waals surface area contributed by atoms with Gasteiger partial charge in [-0.05, 0) is 32.4 Å². The molecule has 1 saturated heterocycles. The molecule has 1 fully saturated rings. The molecule has 1 unspecified atom stereocenters. The molecule has 2 N–H and O–H groups in total. The van der Waals surface area contributed by atoms with Gasteiger partial charge < -0.3 is 15.2 Å². The molecule has 0 aliphatic carbocycles. The zero-order valence-electron chi connectivity index (χ0n) is 9.39. The lowest BCUT2D eigenvalue weighted by Gasteiger charge is -2.16. The third-order valence-corrected chi connectivity index (χ3v) is 3.28. The number of likely N-dealkylation sites (tertiary alicyclic amines) is 1. The maximum absolute atomic E-state index is 5.67. The molecule has 1 aromatic heterocycles. The molecule has 4 nitrogen and oxygen atoms in total. The second-order valence-corrected chi connectivity index (χ2v) is 4.36. The molecule has 0 aromatic carbocycles. The standard InChI is InChI=1S/C11H20N4/c1-10-13-3-5-15(10)7-6-14-4-2-11(8-12)9-14/h3,5,11H,2,4,6-9,12H2,1H3. The third-order valence-electron chi connectivity index (χ3n) is 3.28. The number of rotatable bonds is 4. The molecular formula is C11H20N4. The van der Waals surface area contributed by atoms with Crippen LogP contribution in [-0.2, 0) is 6.54 Å². The molecule has 0 spiro atoms. The Labute approximate surface area is 91.1 Å². The monoisotopic (exact) mass is 208 g/mol. The van der Waals surface area contributed by atoms with E-state index in [-0.39, 0.29) is 0 Å². The van der Waals surface area contributed by atoms with E-state index in [1.165, 1.54) is 19.5 Å². The molecule has 84 valence electrons. The molecule has 1 atom stereocenters. The van der Waals surface area contributed by atoms with E-state index in [0.717, 1.165) is 25.5 Å². The van der Waals surface area contributed by atoms with E-state index in [1.54, 1.807) is 0 Å². The molecule has 0 saturated carbocycles. The molecular weight excluding hydrogens is 188 g/mol. The van der Waals surface area contributed by atoms with E-state index >= 15 is 0 Å². The summed E-state index contributed by atoms with van der Waals surface area (Å²) >= 11 is 0. The minimum Gasteiger partial charge on any atom is -0.334 e. The highest BCUT2D eigenvalue weighted by molar-refractivity contribution is 4.88. The van der Waals surface area contributed by atoms with E-state index in [4.69, 9.17) is 5.73 Å². The molecule has 0 amide bonds. The van der Waals surface area contributed by atoms with Crippen molar-refractivity contribution < 1.29 is 0 Å². The van der Waals surface area contributed by atoms with Gasteiger partial charge in [0, 0.05) is 32.0 Å². The van der Waals surface area contributed by atoms with Crippen LogP contribution in [0.2, 0.25) is 0 Å². The SMILES string of the molecule is Cc1nccn1CCN1CCC(CN)C1. The fraction of sp³-hybridized carbons (Fsp3) is 0.727. The van der Waals surface area contributed by atoms with Gasteiger partial charge in [-0.25, -0.2) is 4.98 Å². The molecule has 2 heterocycles. The zero-order chi connectivity index (χ0) is 10.7. The number of aryl methyl sites for hydroxylation is 1. The second-order valence-electron chi connectivity index (χ2n) is 4.36. The highest BCUT2D eigenvalue weighted by Gasteiger charge is 2.20. The Morgan fingerprint density at radius 1 is 1.53 bits per heavy atom. The Balaban J connectivity index is 1.77. The van der Waals surface area contributed by atoms with Crippen LogP contribution in [0.3, 0.4) is 0 Å². The Bertz CT molecular complexity index is 307. The van der Waals surface area contributed by atoms with Gasteiger partial charge in [-0.3, -0.25) is 0 Å². The van der Waals surface area contributed by atoms with Crippen molar-refractivity contribution in [3.63, 3.8) is 0 Å². The molecule has 2 rings (SSSR count). The summed E-state index contributed by atoms with van der Waals surface area (Å²) in [6, 6.07) is 0. The summed E-state index contributed by atoms with van der Waals surface area (Å²) in [4.78, 5) is 6.71. The fourth-order valence-corrected chi connectivity index (χ4v) is 2.20. The first-order chi connectivity index (χ1) is 7.29. The van der Waals surface area contributed by atoms with Crippen LogP contribution in [0.25, 0.3) is 0 Å². The number of hydrogen-bond donors (Lipinski definition) is 1. The quantitative estimate of drug-likeness (QED) is 0.782. The van der Waals surface area contributed by atoms with Crippen LogP contribution < -0.4 is 5.73 Å². The summed E-state index contributed by atoms with van der Waals surface area (Å²) in [7, 11) is 0. The summed E-state index contributed by atoms with van der Waals surface area (Å²) in [6.07, 6.45) is 5.17. The minimum absolute atomic E-state index is 0.717. The smallest absolute Gasteiger partial charge is 0.105 e. The van der Waals surface area contributed by atoms with Crippen LogP contribution in [0.4, 0.5) is 0 Å². The molecule has 4 heteroatoms. The van der Waals surface area contributed by atoms with Crippen LogP contribution in [0.1, 0.15) is 12.2 Å². The van der Waals surface area contributed by atoms with Crippen molar-refractivity contribution >= 4 is 0 Å². The molecule has 1 aromatic rings. The van der Waals surface area contributed by atoms with Gasteiger partial charge >= 0.3 is 0 Å². The van der Waals surface area contributed by atoms with Gasteiger partial charge in [-0.1, -0.05) is 0 Å². The van der Waals surface area contributed by atoms with Crippen LogP contribution in [0, 0.1) is 12.8 Å². The average molecular weight is 208 g/mol. The maximum Gasteiger partial charge on any atom is 0.105 e. The molecule has 1 aliphatic rings. The van der Waals surface area contributed by atoms with E-state index in [2.05, 4.69) is 14.5 Å². The van der Waals surface area contributed by atoms with E-state index in [1.807, 2.05) is 19.3 Å². The molecule has 1 aliphatic heterocycles. The minimum atomic E-state index is 0.717. The van der Waals surface area contributed by atoms with Crippen molar-refractivity contribution in [1.82, 2.24) is 14.5 Å². The highest BCUT2D eigenvalue weighted by Crippen LogP contribution is 2.14. The van der Waals surface area contributed by atoms with Gasteiger partial charge in [0.05, 0.1) is 0 Å². The van der Waals surface area contributed by atoms with Gasteiger partial charge in [-0.2, -0.15) is 0 Å². The number of hydrogen-bond acceptors (Lipinski definition) is 3. The molecule has 15 heavy (non-hydrogen) atoms. The lowest BCUT2D eigenvalue weighted by molar-refractivity contribution is 0.309. The fourth-order valence-electron chi connectivity index (χ4n) is 2.20. The Hall–Kier alpha value is -0.870. The van der Waals surface area contributed by atoms with Gasteiger partial charge in [0.2, 0.25) is 0 Å². The summed E-state index contributed by atoms with van der Waals surface area (Å²) in [6.45, 7) is 7.42. The lowest BCUT2D eigenvalue weighted by atomic mass is 10.1. The van der Waals surface area contributed by atoms with Gasteiger partial charge in [0.15, 0.2) is 0 Å². The first-order valence-electron chi connectivity index (χ1n) is 5.69. The normalized spacial score (nSPS) is 22.4. The van der Waals surface area contributed by atoms with Crippen molar-refractivity contribution in [2.75, 3.05) is 26.2 Å². The summed E-state index contributed by atoms with van der Waals surface area (Å²) in [5, 5.41) is 0. The van der Waals surface area contributed by atoms with Crippen molar-refractivity contribution in [3.05, 3.63) is 18.2 Å². The Kier molecular flexibility index (Phi) is 3.38. The van der Waals surface area contributed by atoms with Crippen molar-refractivity contribution in [2.45, 2.75) is 19.9 Å². The first-order valence-corrected chi connectivity index (χ1v) is 5.69. The number of aromatic nitrogens is 2. The largest absolute Gasteiger partial charge is 0.334 e. The highest BCUT2D eigenvalue weighted by atomic mass is 15.2.